The molecule has 0 radical (unpaired) electrons. The maximum Gasteiger partial charge on any atom is 0.341 e. The van der Waals surface area contributed by atoms with Crippen molar-refractivity contribution in [1.82, 2.24) is 0 Å². The summed E-state index contributed by atoms with van der Waals surface area (Å²) >= 11 is 0. The van der Waals surface area contributed by atoms with E-state index in [9.17, 15) is 17.2 Å². The van der Waals surface area contributed by atoms with Crippen molar-refractivity contribution in [2.24, 2.45) is 11.7 Å². The second-order valence-corrected chi connectivity index (χ2v) is 6.57. The summed E-state index contributed by atoms with van der Waals surface area (Å²) in [6.07, 6.45) is 2.93. The Morgan fingerprint density at radius 1 is 1.22 bits per heavy atom. The van der Waals surface area contributed by atoms with Crippen LogP contribution in [-0.4, -0.2) is 20.2 Å². The highest BCUT2D eigenvalue weighted by molar-refractivity contribution is 7.91. The number of benzene rings is 1. The van der Waals surface area contributed by atoms with Crippen LogP contribution in [-0.2, 0) is 16.3 Å². The van der Waals surface area contributed by atoms with Crippen molar-refractivity contribution in [1.29, 1.82) is 0 Å². The van der Waals surface area contributed by atoms with Gasteiger partial charge < -0.3 is 5.73 Å². The van der Waals surface area contributed by atoms with E-state index in [2.05, 4.69) is 0 Å². The van der Waals surface area contributed by atoms with Gasteiger partial charge in [0.2, 0.25) is 9.84 Å². The molecule has 0 saturated heterocycles. The van der Waals surface area contributed by atoms with Crippen molar-refractivity contribution in [2.75, 3.05) is 0 Å². The first kappa shape index (κ1) is 13.4. The molecule has 100 valence electrons. The highest BCUT2D eigenvalue weighted by atomic mass is 32.2. The lowest BCUT2D eigenvalue weighted by Crippen LogP contribution is -2.25. The SMILES string of the molecule is NC(Cc1ccc(S(=O)(=O)C(F)F)cc1)C1CC1. The topological polar surface area (TPSA) is 60.2 Å². The van der Waals surface area contributed by atoms with Crippen LogP contribution in [0.15, 0.2) is 29.2 Å². The molecule has 0 aromatic heterocycles. The van der Waals surface area contributed by atoms with Crippen molar-refractivity contribution >= 4 is 9.84 Å². The van der Waals surface area contributed by atoms with E-state index in [4.69, 9.17) is 5.73 Å². The van der Waals surface area contributed by atoms with Gasteiger partial charge in [-0.1, -0.05) is 12.1 Å². The molecule has 1 aliphatic carbocycles. The number of sulfone groups is 1. The summed E-state index contributed by atoms with van der Waals surface area (Å²) in [6.45, 7) is 0. The Morgan fingerprint density at radius 3 is 2.22 bits per heavy atom. The molecule has 2 N–H and O–H groups in total. The standard InChI is InChI=1S/C12H15F2NO2S/c13-12(14)18(16,17)10-5-1-8(2-6-10)7-11(15)9-3-4-9/h1-2,5-6,9,11-12H,3-4,7,15H2. The summed E-state index contributed by atoms with van der Waals surface area (Å²) in [4.78, 5) is -0.346. The fourth-order valence-corrected chi connectivity index (χ4v) is 2.60. The normalized spacial score (nSPS) is 18.0. The predicted octanol–water partition coefficient (Wildman–Crippen LogP) is 1.96. The van der Waals surface area contributed by atoms with E-state index in [1.807, 2.05) is 0 Å². The van der Waals surface area contributed by atoms with Gasteiger partial charge in [-0.05, 0) is 42.9 Å². The van der Waals surface area contributed by atoms with E-state index in [1.165, 1.54) is 12.1 Å². The number of hydrogen-bond donors (Lipinski definition) is 1. The van der Waals surface area contributed by atoms with Gasteiger partial charge >= 0.3 is 5.76 Å². The van der Waals surface area contributed by atoms with E-state index >= 15 is 0 Å². The third-order valence-electron chi connectivity index (χ3n) is 3.19. The lowest BCUT2D eigenvalue weighted by Gasteiger charge is -2.10. The summed E-state index contributed by atoms with van der Waals surface area (Å²) < 4.78 is 47.0. The van der Waals surface area contributed by atoms with Crippen molar-refractivity contribution < 1.29 is 17.2 Å². The molecule has 18 heavy (non-hydrogen) atoms. The zero-order valence-corrected chi connectivity index (χ0v) is 10.5. The van der Waals surface area contributed by atoms with Crippen LogP contribution >= 0.6 is 0 Å². The van der Waals surface area contributed by atoms with E-state index in [0.717, 1.165) is 18.4 Å². The van der Waals surface area contributed by atoms with E-state index in [0.29, 0.717) is 12.3 Å². The number of nitrogens with two attached hydrogens (primary N) is 1. The van der Waals surface area contributed by atoms with Crippen molar-refractivity contribution in [2.45, 2.75) is 36.0 Å². The summed E-state index contributed by atoms with van der Waals surface area (Å²) in [5.41, 5.74) is 6.82. The molecule has 0 bridgehead atoms. The number of alkyl halides is 2. The monoisotopic (exact) mass is 275 g/mol. The molecule has 0 aliphatic heterocycles. The molecule has 3 nitrogen and oxygen atoms in total. The van der Waals surface area contributed by atoms with Gasteiger partial charge in [0.15, 0.2) is 0 Å². The molecule has 6 heteroatoms. The van der Waals surface area contributed by atoms with Gasteiger partial charge in [0.25, 0.3) is 0 Å². The fourth-order valence-electron chi connectivity index (χ4n) is 1.88. The van der Waals surface area contributed by atoms with Crippen LogP contribution in [0.2, 0.25) is 0 Å². The molecule has 1 atom stereocenters. The van der Waals surface area contributed by atoms with Crippen LogP contribution < -0.4 is 5.73 Å². The Kier molecular flexibility index (Phi) is 3.68. The molecule has 0 spiro atoms. The second kappa shape index (κ2) is 4.93. The summed E-state index contributed by atoms with van der Waals surface area (Å²) in [5.74, 6) is -2.83. The highest BCUT2D eigenvalue weighted by Gasteiger charge is 2.29. The van der Waals surface area contributed by atoms with Gasteiger partial charge in [-0.15, -0.1) is 0 Å². The van der Waals surface area contributed by atoms with Gasteiger partial charge in [-0.2, -0.15) is 8.78 Å². The molecule has 0 heterocycles. The van der Waals surface area contributed by atoms with Crippen LogP contribution in [0.5, 0.6) is 0 Å². The summed E-state index contributed by atoms with van der Waals surface area (Å²) in [7, 11) is -4.49. The lowest BCUT2D eigenvalue weighted by atomic mass is 10.0. The number of hydrogen-bond acceptors (Lipinski definition) is 3. The summed E-state index contributed by atoms with van der Waals surface area (Å²) in [5, 5.41) is 0. The van der Waals surface area contributed by atoms with Crippen LogP contribution in [0.1, 0.15) is 18.4 Å². The average molecular weight is 275 g/mol. The maximum absolute atomic E-state index is 12.3. The predicted molar refractivity (Wildman–Crippen MR) is 64.0 cm³/mol. The molecule has 1 fully saturated rings. The number of rotatable bonds is 5. The lowest BCUT2D eigenvalue weighted by molar-refractivity contribution is 0.234. The molecule has 1 aliphatic rings. The first-order valence-electron chi connectivity index (χ1n) is 5.78. The van der Waals surface area contributed by atoms with Crippen molar-refractivity contribution in [3.8, 4) is 0 Å². The van der Waals surface area contributed by atoms with Gasteiger partial charge in [-0.3, -0.25) is 0 Å². The smallest absolute Gasteiger partial charge is 0.327 e. The number of halogens is 2. The fraction of sp³-hybridized carbons (Fsp3) is 0.500. The van der Waals surface area contributed by atoms with E-state index < -0.39 is 15.6 Å². The molecule has 1 unspecified atom stereocenters. The first-order chi connectivity index (χ1) is 8.41. The van der Waals surface area contributed by atoms with Gasteiger partial charge in [0, 0.05) is 6.04 Å². The average Bonchev–Trinajstić information content (AvgIpc) is 3.13. The van der Waals surface area contributed by atoms with Crippen LogP contribution in [0.25, 0.3) is 0 Å². The largest absolute Gasteiger partial charge is 0.341 e. The Bertz CT molecular complexity index is 509. The minimum Gasteiger partial charge on any atom is -0.327 e. The molecule has 1 aromatic carbocycles. The van der Waals surface area contributed by atoms with Gasteiger partial charge in [-0.25, -0.2) is 8.42 Å². The Balaban J connectivity index is 2.10. The quantitative estimate of drug-likeness (QED) is 0.893. The molecule has 2 rings (SSSR count). The van der Waals surface area contributed by atoms with Gasteiger partial charge in [0.1, 0.15) is 0 Å². The molecule has 0 amide bonds. The van der Waals surface area contributed by atoms with Crippen molar-refractivity contribution in [3.63, 3.8) is 0 Å². The maximum atomic E-state index is 12.3. The van der Waals surface area contributed by atoms with Crippen LogP contribution in [0.3, 0.4) is 0 Å². The van der Waals surface area contributed by atoms with E-state index in [-0.39, 0.29) is 10.9 Å². The molecule has 1 saturated carbocycles. The van der Waals surface area contributed by atoms with Crippen LogP contribution in [0.4, 0.5) is 8.78 Å². The minimum atomic E-state index is -4.49. The second-order valence-electron chi connectivity index (χ2n) is 4.66. The minimum absolute atomic E-state index is 0.0718. The molecule has 1 aromatic rings. The Hall–Kier alpha value is -1.01. The third kappa shape index (κ3) is 2.87. The highest BCUT2D eigenvalue weighted by Crippen LogP contribution is 2.33. The van der Waals surface area contributed by atoms with Crippen LogP contribution in [0, 0.1) is 5.92 Å². The zero-order valence-electron chi connectivity index (χ0n) is 9.72. The van der Waals surface area contributed by atoms with Crippen molar-refractivity contribution in [3.05, 3.63) is 29.8 Å². The molecular formula is C12H15F2NO2S. The van der Waals surface area contributed by atoms with Gasteiger partial charge in [0.05, 0.1) is 4.90 Å². The summed E-state index contributed by atoms with van der Waals surface area (Å²) in [6, 6.07) is 5.62. The molecular weight excluding hydrogens is 260 g/mol. The van der Waals surface area contributed by atoms with E-state index in [1.54, 1.807) is 12.1 Å². The Labute approximate surface area is 105 Å². The third-order valence-corrected chi connectivity index (χ3v) is 4.58. The zero-order chi connectivity index (χ0) is 13.3. The Morgan fingerprint density at radius 2 is 1.78 bits per heavy atom. The first-order valence-corrected chi connectivity index (χ1v) is 7.32.